The van der Waals surface area contributed by atoms with E-state index in [2.05, 4.69) is 6.92 Å². The summed E-state index contributed by atoms with van der Waals surface area (Å²) in [5.74, 6) is 0.0929. The van der Waals surface area contributed by atoms with Gasteiger partial charge in [0.05, 0.1) is 5.38 Å². The summed E-state index contributed by atoms with van der Waals surface area (Å²) in [6.45, 7) is 5.05. The number of carbonyl (C=O) groups is 1. The summed E-state index contributed by atoms with van der Waals surface area (Å²) in [7, 11) is 0. The van der Waals surface area contributed by atoms with E-state index in [1.54, 1.807) is 17.9 Å². The van der Waals surface area contributed by atoms with E-state index in [1.807, 2.05) is 0 Å². The Bertz CT molecular complexity index is 463. The number of carbonyl (C=O) groups excluding carboxylic acids is 1. The summed E-state index contributed by atoms with van der Waals surface area (Å²) in [5, 5.41) is 0.00393. The number of hydrogen-bond donors (Lipinski definition) is 0. The highest BCUT2D eigenvalue weighted by Gasteiger charge is 2.27. The van der Waals surface area contributed by atoms with E-state index in [0.717, 1.165) is 13.0 Å². The van der Waals surface area contributed by atoms with Gasteiger partial charge < -0.3 is 4.90 Å². The molecule has 1 saturated heterocycles. The average molecular weight is 270 g/mol. The number of benzene rings is 1. The molecule has 1 fully saturated rings. The van der Waals surface area contributed by atoms with Crippen molar-refractivity contribution in [1.82, 2.24) is 4.90 Å². The molecule has 0 radical (unpaired) electrons. The molecule has 0 spiro atoms. The fourth-order valence-electron chi connectivity index (χ4n) is 2.17. The Morgan fingerprint density at radius 3 is 2.83 bits per heavy atom. The maximum atomic E-state index is 13.2. The number of alkyl halides is 1. The Labute approximate surface area is 112 Å². The molecule has 2 nitrogen and oxygen atoms in total. The fourth-order valence-corrected chi connectivity index (χ4v) is 2.46. The van der Waals surface area contributed by atoms with Gasteiger partial charge in [0.1, 0.15) is 5.82 Å². The molecule has 0 saturated carbocycles. The van der Waals surface area contributed by atoms with Crippen LogP contribution in [0.15, 0.2) is 18.2 Å². The zero-order valence-electron chi connectivity index (χ0n) is 10.6. The third-order valence-electron chi connectivity index (χ3n) is 3.56. The van der Waals surface area contributed by atoms with Crippen molar-refractivity contribution in [2.45, 2.75) is 25.6 Å². The van der Waals surface area contributed by atoms with Crippen LogP contribution in [-0.4, -0.2) is 29.3 Å². The lowest BCUT2D eigenvalue weighted by atomic mass is 9.98. The van der Waals surface area contributed by atoms with Crippen molar-refractivity contribution in [2.24, 2.45) is 5.92 Å². The predicted molar refractivity (Wildman–Crippen MR) is 70.5 cm³/mol. The Hall–Kier alpha value is -1.09. The van der Waals surface area contributed by atoms with Crippen LogP contribution in [0.2, 0.25) is 0 Å². The molecule has 0 N–H and O–H groups in total. The first-order valence-electron chi connectivity index (χ1n) is 6.18. The number of likely N-dealkylation sites (tertiary alicyclic amines) is 1. The highest BCUT2D eigenvalue weighted by atomic mass is 35.5. The summed E-state index contributed by atoms with van der Waals surface area (Å²) in [4.78, 5) is 14.0. The monoisotopic (exact) mass is 269 g/mol. The predicted octanol–water partition coefficient (Wildman–Crippen LogP) is 3.22. The lowest BCUT2D eigenvalue weighted by Gasteiger charge is -2.34. The van der Waals surface area contributed by atoms with Gasteiger partial charge in [0.25, 0.3) is 5.91 Å². The maximum absolute atomic E-state index is 13.2. The van der Waals surface area contributed by atoms with Gasteiger partial charge in [-0.1, -0.05) is 6.92 Å². The molecule has 2 atom stereocenters. The Morgan fingerprint density at radius 1 is 1.50 bits per heavy atom. The van der Waals surface area contributed by atoms with Gasteiger partial charge in [-0.25, -0.2) is 4.39 Å². The summed E-state index contributed by atoms with van der Waals surface area (Å²) in [5.41, 5.74) is 1.03. The van der Waals surface area contributed by atoms with Crippen molar-refractivity contribution in [1.29, 1.82) is 0 Å². The molecule has 4 heteroatoms. The third-order valence-corrected chi connectivity index (χ3v) is 4.13. The number of piperidine rings is 1. The van der Waals surface area contributed by atoms with Gasteiger partial charge in [-0.2, -0.15) is 0 Å². The van der Waals surface area contributed by atoms with E-state index < -0.39 is 0 Å². The molecule has 18 heavy (non-hydrogen) atoms. The summed E-state index contributed by atoms with van der Waals surface area (Å²) in [6, 6.07) is 4.47. The second kappa shape index (κ2) is 5.27. The quantitative estimate of drug-likeness (QED) is 0.717. The first-order chi connectivity index (χ1) is 8.49. The number of nitrogens with zero attached hydrogens (tertiary/aromatic N) is 1. The van der Waals surface area contributed by atoms with E-state index in [1.165, 1.54) is 12.1 Å². The fraction of sp³-hybridized carbons (Fsp3) is 0.500. The molecule has 98 valence electrons. The first kappa shape index (κ1) is 13.3. The minimum Gasteiger partial charge on any atom is -0.337 e. The number of amides is 1. The molecule has 1 aliphatic heterocycles. The van der Waals surface area contributed by atoms with Crippen molar-refractivity contribution in [2.75, 3.05) is 13.1 Å². The number of hydrogen-bond acceptors (Lipinski definition) is 1. The number of aryl methyl sites for hydroxylation is 1. The van der Waals surface area contributed by atoms with E-state index in [4.69, 9.17) is 11.6 Å². The van der Waals surface area contributed by atoms with E-state index in [9.17, 15) is 9.18 Å². The second-order valence-corrected chi connectivity index (χ2v) is 5.56. The second-order valence-electron chi connectivity index (χ2n) is 5.00. The summed E-state index contributed by atoms with van der Waals surface area (Å²) in [6.07, 6.45) is 0.917. The van der Waals surface area contributed by atoms with E-state index in [0.29, 0.717) is 23.6 Å². The smallest absolute Gasteiger partial charge is 0.253 e. The Morgan fingerprint density at radius 2 is 2.22 bits per heavy atom. The lowest BCUT2D eigenvalue weighted by molar-refractivity contribution is 0.0701. The highest BCUT2D eigenvalue weighted by Crippen LogP contribution is 2.23. The van der Waals surface area contributed by atoms with Crippen LogP contribution in [0, 0.1) is 18.7 Å². The van der Waals surface area contributed by atoms with Gasteiger partial charge in [0, 0.05) is 18.7 Å². The van der Waals surface area contributed by atoms with Crippen molar-refractivity contribution in [3.63, 3.8) is 0 Å². The van der Waals surface area contributed by atoms with Crippen molar-refractivity contribution < 1.29 is 9.18 Å². The van der Waals surface area contributed by atoms with E-state index >= 15 is 0 Å². The Balaban J connectivity index is 2.14. The number of halogens is 2. The van der Waals surface area contributed by atoms with Gasteiger partial charge in [-0.05, 0) is 43.0 Å². The molecule has 1 aromatic rings. The molecule has 1 aromatic carbocycles. The van der Waals surface area contributed by atoms with Crippen LogP contribution in [0.1, 0.15) is 29.3 Å². The van der Waals surface area contributed by atoms with Gasteiger partial charge in [0.15, 0.2) is 0 Å². The molecule has 1 amide bonds. The zero-order valence-corrected chi connectivity index (χ0v) is 11.4. The molecule has 0 bridgehead atoms. The topological polar surface area (TPSA) is 20.3 Å². The molecule has 0 aromatic heterocycles. The molecular formula is C14H17ClFNO. The molecule has 2 rings (SSSR count). The Kier molecular flexibility index (Phi) is 3.91. The van der Waals surface area contributed by atoms with Crippen LogP contribution in [-0.2, 0) is 0 Å². The SMILES string of the molecule is Cc1cc(C(=O)N2CCC(C)C(Cl)C2)ccc1F. The van der Waals surface area contributed by atoms with Crippen LogP contribution in [0.25, 0.3) is 0 Å². The summed E-state index contributed by atoms with van der Waals surface area (Å²) >= 11 is 6.20. The third kappa shape index (κ3) is 2.66. The normalized spacial score (nSPS) is 24.1. The molecule has 1 aliphatic rings. The van der Waals surface area contributed by atoms with Crippen molar-refractivity contribution in [3.8, 4) is 0 Å². The first-order valence-corrected chi connectivity index (χ1v) is 6.62. The van der Waals surface area contributed by atoms with Crippen LogP contribution in [0.4, 0.5) is 4.39 Å². The number of rotatable bonds is 1. The van der Waals surface area contributed by atoms with Gasteiger partial charge >= 0.3 is 0 Å². The van der Waals surface area contributed by atoms with Gasteiger partial charge in [-0.3, -0.25) is 4.79 Å². The van der Waals surface area contributed by atoms with Gasteiger partial charge in [-0.15, -0.1) is 11.6 Å². The van der Waals surface area contributed by atoms with Crippen molar-refractivity contribution in [3.05, 3.63) is 35.1 Å². The molecule has 0 aliphatic carbocycles. The standard InChI is InChI=1S/C14H17ClFNO/c1-9-5-6-17(8-12(9)15)14(18)11-3-4-13(16)10(2)7-11/h3-4,7,9,12H,5-6,8H2,1-2H3. The largest absolute Gasteiger partial charge is 0.337 e. The average Bonchev–Trinajstić information content (AvgIpc) is 2.35. The lowest BCUT2D eigenvalue weighted by Crippen LogP contribution is -2.43. The zero-order chi connectivity index (χ0) is 13.3. The van der Waals surface area contributed by atoms with Crippen molar-refractivity contribution >= 4 is 17.5 Å². The van der Waals surface area contributed by atoms with E-state index in [-0.39, 0.29) is 17.1 Å². The molecule has 2 unspecified atom stereocenters. The van der Waals surface area contributed by atoms with Crippen LogP contribution < -0.4 is 0 Å². The minimum absolute atomic E-state index is 0.00393. The maximum Gasteiger partial charge on any atom is 0.253 e. The van der Waals surface area contributed by atoms with Gasteiger partial charge in [0.2, 0.25) is 0 Å². The minimum atomic E-state index is -0.283. The molecular weight excluding hydrogens is 253 g/mol. The van der Waals surface area contributed by atoms with Crippen LogP contribution >= 0.6 is 11.6 Å². The summed E-state index contributed by atoms with van der Waals surface area (Å²) < 4.78 is 13.2. The highest BCUT2D eigenvalue weighted by molar-refractivity contribution is 6.21. The molecule has 1 heterocycles. The van der Waals surface area contributed by atoms with Crippen LogP contribution in [0.5, 0.6) is 0 Å². The van der Waals surface area contributed by atoms with Crippen LogP contribution in [0.3, 0.4) is 0 Å².